The van der Waals surface area contributed by atoms with Crippen LogP contribution in [-0.2, 0) is 10.0 Å². The highest BCUT2D eigenvalue weighted by Crippen LogP contribution is 2.27. The lowest BCUT2D eigenvalue weighted by molar-refractivity contribution is -0.385. The van der Waals surface area contributed by atoms with Crippen LogP contribution in [0.4, 0.5) is 20.2 Å². The van der Waals surface area contributed by atoms with Crippen molar-refractivity contribution >= 4 is 21.4 Å². The Morgan fingerprint density at radius 3 is 2.35 bits per heavy atom. The normalized spacial score (nSPS) is 11.3. The molecule has 0 heterocycles. The number of hydrogen-bond acceptors (Lipinski definition) is 4. The van der Waals surface area contributed by atoms with Crippen molar-refractivity contribution in [2.75, 3.05) is 4.72 Å². The van der Waals surface area contributed by atoms with Crippen molar-refractivity contribution in [1.82, 2.24) is 0 Å². The van der Waals surface area contributed by atoms with Crippen LogP contribution in [0.3, 0.4) is 0 Å². The van der Waals surface area contributed by atoms with Crippen LogP contribution in [0.2, 0.25) is 0 Å². The summed E-state index contributed by atoms with van der Waals surface area (Å²) >= 11 is 0. The van der Waals surface area contributed by atoms with Crippen LogP contribution < -0.4 is 4.72 Å². The third-order valence-electron chi connectivity index (χ3n) is 3.28. The van der Waals surface area contributed by atoms with Crippen molar-refractivity contribution in [2.24, 2.45) is 0 Å². The standard InChI is InChI=1S/C14H12F2N2O4S/c1-8-5-11(18(19)20)7-14(9(8)2)23(21,22)17-13-4-3-10(15)6-12(13)16/h3-7,17H,1-2H3. The fourth-order valence-electron chi connectivity index (χ4n) is 1.97. The molecule has 122 valence electrons. The van der Waals surface area contributed by atoms with E-state index in [1.54, 1.807) is 0 Å². The molecule has 2 rings (SSSR count). The van der Waals surface area contributed by atoms with Gasteiger partial charge in [0, 0.05) is 18.2 Å². The summed E-state index contributed by atoms with van der Waals surface area (Å²) in [5.74, 6) is -1.94. The molecule has 0 radical (unpaired) electrons. The van der Waals surface area contributed by atoms with E-state index in [1.807, 2.05) is 4.72 Å². The van der Waals surface area contributed by atoms with Gasteiger partial charge in [0.05, 0.1) is 15.5 Å². The number of non-ortho nitro benzene ring substituents is 1. The van der Waals surface area contributed by atoms with E-state index in [2.05, 4.69) is 0 Å². The summed E-state index contributed by atoms with van der Waals surface area (Å²) in [4.78, 5) is 9.82. The Morgan fingerprint density at radius 1 is 1.13 bits per heavy atom. The van der Waals surface area contributed by atoms with Gasteiger partial charge in [0.2, 0.25) is 0 Å². The monoisotopic (exact) mass is 342 g/mol. The maximum Gasteiger partial charge on any atom is 0.271 e. The van der Waals surface area contributed by atoms with Crippen LogP contribution in [0.1, 0.15) is 11.1 Å². The van der Waals surface area contributed by atoms with Gasteiger partial charge in [-0.05, 0) is 37.1 Å². The quantitative estimate of drug-likeness (QED) is 0.682. The summed E-state index contributed by atoms with van der Waals surface area (Å²) < 4.78 is 53.2. The molecule has 0 amide bonds. The zero-order chi connectivity index (χ0) is 17.4. The van der Waals surface area contributed by atoms with E-state index in [0.29, 0.717) is 17.2 Å². The van der Waals surface area contributed by atoms with Crippen LogP contribution >= 0.6 is 0 Å². The number of sulfonamides is 1. The summed E-state index contributed by atoms with van der Waals surface area (Å²) in [5.41, 5.74) is -0.146. The van der Waals surface area contributed by atoms with Crippen LogP contribution in [0.5, 0.6) is 0 Å². The number of rotatable bonds is 4. The Morgan fingerprint density at radius 2 is 1.78 bits per heavy atom. The molecule has 0 spiro atoms. The Bertz CT molecular complexity index is 898. The minimum absolute atomic E-state index is 0.297. The first-order valence-electron chi connectivity index (χ1n) is 6.35. The highest BCUT2D eigenvalue weighted by atomic mass is 32.2. The van der Waals surface area contributed by atoms with Gasteiger partial charge < -0.3 is 0 Å². The predicted molar refractivity (Wildman–Crippen MR) is 79.7 cm³/mol. The number of nitro benzene ring substituents is 1. The van der Waals surface area contributed by atoms with Crippen molar-refractivity contribution in [3.05, 3.63) is 63.2 Å². The third kappa shape index (κ3) is 3.45. The molecule has 0 atom stereocenters. The summed E-state index contributed by atoms with van der Waals surface area (Å²) in [5, 5.41) is 10.9. The van der Waals surface area contributed by atoms with Gasteiger partial charge in [-0.3, -0.25) is 14.8 Å². The molecule has 0 unspecified atom stereocenters. The maximum absolute atomic E-state index is 13.6. The summed E-state index contributed by atoms with van der Waals surface area (Å²) in [7, 11) is -4.27. The smallest absolute Gasteiger partial charge is 0.271 e. The predicted octanol–water partition coefficient (Wildman–Crippen LogP) is 3.29. The third-order valence-corrected chi connectivity index (χ3v) is 4.77. The van der Waals surface area contributed by atoms with Gasteiger partial charge >= 0.3 is 0 Å². The largest absolute Gasteiger partial charge is 0.277 e. The average molecular weight is 342 g/mol. The first-order chi connectivity index (χ1) is 10.6. The van der Waals surface area contributed by atoms with Crippen molar-refractivity contribution in [1.29, 1.82) is 0 Å². The molecule has 0 saturated carbocycles. The van der Waals surface area contributed by atoms with Crippen molar-refractivity contribution in [2.45, 2.75) is 18.7 Å². The number of benzene rings is 2. The number of nitrogens with one attached hydrogen (secondary N) is 1. The highest BCUT2D eigenvalue weighted by Gasteiger charge is 2.23. The molecule has 0 fully saturated rings. The van der Waals surface area contributed by atoms with E-state index in [-0.39, 0.29) is 4.90 Å². The van der Waals surface area contributed by atoms with Gasteiger partial charge in [0.15, 0.2) is 0 Å². The van der Waals surface area contributed by atoms with Crippen LogP contribution in [0.25, 0.3) is 0 Å². The SMILES string of the molecule is Cc1cc([N+](=O)[O-])cc(S(=O)(=O)Nc2ccc(F)cc2F)c1C. The van der Waals surface area contributed by atoms with E-state index >= 15 is 0 Å². The van der Waals surface area contributed by atoms with E-state index in [4.69, 9.17) is 0 Å². The van der Waals surface area contributed by atoms with Gasteiger partial charge in [-0.15, -0.1) is 0 Å². The van der Waals surface area contributed by atoms with Gasteiger partial charge in [0.1, 0.15) is 11.6 Å². The molecular weight excluding hydrogens is 330 g/mol. The Labute approximate surface area is 131 Å². The van der Waals surface area contributed by atoms with Crippen LogP contribution in [0.15, 0.2) is 35.2 Å². The fourth-order valence-corrected chi connectivity index (χ4v) is 3.37. The van der Waals surface area contributed by atoms with Gasteiger partial charge in [0.25, 0.3) is 15.7 Å². The molecule has 23 heavy (non-hydrogen) atoms. The molecule has 9 heteroatoms. The van der Waals surface area contributed by atoms with E-state index in [9.17, 15) is 27.3 Å². The molecule has 0 aliphatic rings. The number of nitro groups is 1. The van der Waals surface area contributed by atoms with Crippen LogP contribution in [-0.4, -0.2) is 13.3 Å². The fraction of sp³-hybridized carbons (Fsp3) is 0.143. The lowest BCUT2D eigenvalue weighted by Gasteiger charge is -2.12. The highest BCUT2D eigenvalue weighted by molar-refractivity contribution is 7.92. The van der Waals surface area contributed by atoms with Crippen molar-refractivity contribution < 1.29 is 22.1 Å². The Balaban J connectivity index is 2.53. The van der Waals surface area contributed by atoms with E-state index < -0.39 is 38.0 Å². The number of halogens is 2. The topological polar surface area (TPSA) is 89.3 Å². The molecule has 1 N–H and O–H groups in total. The molecule has 0 aromatic heterocycles. The van der Waals surface area contributed by atoms with E-state index in [0.717, 1.165) is 18.2 Å². The number of anilines is 1. The van der Waals surface area contributed by atoms with Gasteiger partial charge in [-0.1, -0.05) is 0 Å². The zero-order valence-electron chi connectivity index (χ0n) is 12.1. The molecule has 0 aliphatic heterocycles. The molecule has 2 aromatic carbocycles. The minimum atomic E-state index is -4.27. The van der Waals surface area contributed by atoms with Crippen molar-refractivity contribution in [3.8, 4) is 0 Å². The number of hydrogen-bond donors (Lipinski definition) is 1. The molecule has 2 aromatic rings. The van der Waals surface area contributed by atoms with Crippen LogP contribution in [0, 0.1) is 35.6 Å². The second-order valence-electron chi connectivity index (χ2n) is 4.87. The molecule has 0 bridgehead atoms. The number of aryl methyl sites for hydroxylation is 1. The second-order valence-corrected chi connectivity index (χ2v) is 6.52. The van der Waals surface area contributed by atoms with E-state index in [1.165, 1.54) is 19.9 Å². The second kappa shape index (κ2) is 5.92. The molecule has 0 aliphatic carbocycles. The zero-order valence-corrected chi connectivity index (χ0v) is 12.9. The first-order valence-corrected chi connectivity index (χ1v) is 7.83. The number of nitrogens with zero attached hydrogens (tertiary/aromatic N) is 1. The Kier molecular flexibility index (Phi) is 4.33. The molecule has 0 saturated heterocycles. The van der Waals surface area contributed by atoms with Gasteiger partial charge in [-0.2, -0.15) is 0 Å². The lowest BCUT2D eigenvalue weighted by atomic mass is 10.1. The Hall–Kier alpha value is -2.55. The minimum Gasteiger partial charge on any atom is -0.277 e. The molecule has 6 nitrogen and oxygen atoms in total. The van der Waals surface area contributed by atoms with Crippen molar-refractivity contribution in [3.63, 3.8) is 0 Å². The maximum atomic E-state index is 13.6. The molecular formula is C14H12F2N2O4S. The summed E-state index contributed by atoms with van der Waals surface area (Å²) in [6, 6.07) is 4.50. The first kappa shape index (κ1) is 16.8. The lowest BCUT2D eigenvalue weighted by Crippen LogP contribution is -2.16. The summed E-state index contributed by atoms with van der Waals surface area (Å²) in [6.45, 7) is 3.01. The van der Waals surface area contributed by atoms with Gasteiger partial charge in [-0.25, -0.2) is 17.2 Å². The average Bonchev–Trinajstić information content (AvgIpc) is 2.44. The summed E-state index contributed by atoms with van der Waals surface area (Å²) in [6.07, 6.45) is 0.